The minimum Gasteiger partial charge on any atom is -0.365 e. The first kappa shape index (κ1) is 16.7. The monoisotopic (exact) mass is 342 g/mol. The van der Waals surface area contributed by atoms with Crippen LogP contribution in [-0.2, 0) is 12.8 Å². The molecule has 0 unspecified atom stereocenters. The van der Waals surface area contributed by atoms with E-state index < -0.39 is 5.91 Å². The molecule has 1 aliphatic rings. The fourth-order valence-corrected chi connectivity index (χ4v) is 4.44. The number of carbonyl (C=O) groups excluding carboxylic acids is 2. The van der Waals surface area contributed by atoms with Gasteiger partial charge in [0.25, 0.3) is 11.8 Å². The molecule has 0 saturated carbocycles. The van der Waals surface area contributed by atoms with Gasteiger partial charge in [0.2, 0.25) is 0 Å². The van der Waals surface area contributed by atoms with Gasteiger partial charge in [0.15, 0.2) is 0 Å². The summed E-state index contributed by atoms with van der Waals surface area (Å²) in [6, 6.07) is 7.38. The minimum atomic E-state index is -0.452. The SMILES string of the molecule is Cc1ccc(C(=O)Nc2sc3c(c2C(N)=O)CCCCCC3)cc1. The first-order chi connectivity index (χ1) is 11.6. The summed E-state index contributed by atoms with van der Waals surface area (Å²) in [5.41, 5.74) is 8.86. The van der Waals surface area contributed by atoms with Gasteiger partial charge in [0.1, 0.15) is 5.00 Å². The van der Waals surface area contributed by atoms with Crippen LogP contribution in [0, 0.1) is 6.92 Å². The molecule has 126 valence electrons. The fraction of sp³-hybridized carbons (Fsp3) is 0.368. The molecule has 2 amide bonds. The molecule has 1 heterocycles. The number of benzene rings is 1. The van der Waals surface area contributed by atoms with Crippen molar-refractivity contribution >= 4 is 28.2 Å². The Bertz CT molecular complexity index is 762. The van der Waals surface area contributed by atoms with Gasteiger partial charge in [0.05, 0.1) is 5.56 Å². The number of primary amides is 1. The van der Waals surface area contributed by atoms with E-state index in [-0.39, 0.29) is 5.91 Å². The van der Waals surface area contributed by atoms with Gasteiger partial charge in [-0.25, -0.2) is 0 Å². The van der Waals surface area contributed by atoms with E-state index >= 15 is 0 Å². The minimum absolute atomic E-state index is 0.202. The summed E-state index contributed by atoms with van der Waals surface area (Å²) < 4.78 is 0. The molecule has 2 aromatic rings. The van der Waals surface area contributed by atoms with Gasteiger partial charge in [-0.3, -0.25) is 9.59 Å². The van der Waals surface area contributed by atoms with Gasteiger partial charge in [-0.2, -0.15) is 0 Å². The number of thiophene rings is 1. The van der Waals surface area contributed by atoms with E-state index in [1.165, 1.54) is 29.1 Å². The van der Waals surface area contributed by atoms with Crippen molar-refractivity contribution in [3.8, 4) is 0 Å². The fourth-order valence-electron chi connectivity index (χ4n) is 3.15. The molecular formula is C19H22N2O2S. The Morgan fingerprint density at radius 1 is 1.04 bits per heavy atom. The lowest BCUT2D eigenvalue weighted by molar-refractivity contribution is 0.100. The van der Waals surface area contributed by atoms with E-state index in [0.717, 1.165) is 36.8 Å². The third-order valence-electron chi connectivity index (χ3n) is 4.46. The molecule has 0 fully saturated rings. The Kier molecular flexibility index (Phi) is 5.00. The third-order valence-corrected chi connectivity index (χ3v) is 5.67. The Morgan fingerprint density at radius 3 is 2.38 bits per heavy atom. The van der Waals surface area contributed by atoms with Crippen molar-refractivity contribution < 1.29 is 9.59 Å². The van der Waals surface area contributed by atoms with Gasteiger partial charge in [-0.15, -0.1) is 11.3 Å². The van der Waals surface area contributed by atoms with Crippen LogP contribution in [0.5, 0.6) is 0 Å². The predicted molar refractivity (Wildman–Crippen MR) is 97.8 cm³/mol. The molecule has 0 atom stereocenters. The molecule has 1 aromatic carbocycles. The molecule has 24 heavy (non-hydrogen) atoms. The van der Waals surface area contributed by atoms with Crippen LogP contribution in [0.3, 0.4) is 0 Å². The molecule has 0 aliphatic heterocycles. The van der Waals surface area contributed by atoms with Crippen LogP contribution in [0.25, 0.3) is 0 Å². The average molecular weight is 342 g/mol. The molecule has 0 spiro atoms. The number of aryl methyl sites for hydroxylation is 2. The van der Waals surface area contributed by atoms with Crippen LogP contribution >= 0.6 is 11.3 Å². The van der Waals surface area contributed by atoms with E-state index in [9.17, 15) is 9.59 Å². The average Bonchev–Trinajstić information content (AvgIpc) is 2.84. The van der Waals surface area contributed by atoms with E-state index in [1.54, 1.807) is 12.1 Å². The number of hydrogen-bond donors (Lipinski definition) is 2. The topological polar surface area (TPSA) is 72.2 Å². The number of anilines is 1. The summed E-state index contributed by atoms with van der Waals surface area (Å²) in [5.74, 6) is -0.654. The van der Waals surface area contributed by atoms with E-state index in [4.69, 9.17) is 5.73 Å². The lowest BCUT2D eigenvalue weighted by atomic mass is 9.96. The lowest BCUT2D eigenvalue weighted by Gasteiger charge is -2.10. The molecule has 3 rings (SSSR count). The highest BCUT2D eigenvalue weighted by Gasteiger charge is 2.24. The van der Waals surface area contributed by atoms with Gasteiger partial charge in [0, 0.05) is 10.4 Å². The Hall–Kier alpha value is -2.14. The van der Waals surface area contributed by atoms with Crippen molar-refractivity contribution in [3.05, 3.63) is 51.4 Å². The summed E-state index contributed by atoms with van der Waals surface area (Å²) in [4.78, 5) is 25.7. The smallest absolute Gasteiger partial charge is 0.256 e. The number of hydrogen-bond acceptors (Lipinski definition) is 3. The zero-order chi connectivity index (χ0) is 17.1. The van der Waals surface area contributed by atoms with Gasteiger partial charge >= 0.3 is 0 Å². The first-order valence-corrected chi connectivity index (χ1v) is 9.20. The summed E-state index contributed by atoms with van der Waals surface area (Å²) in [6.45, 7) is 1.98. The number of amides is 2. The standard InChI is InChI=1S/C19H22N2O2S/c1-12-8-10-13(11-9-12)18(23)21-19-16(17(20)22)14-6-4-2-3-5-7-15(14)24-19/h8-11H,2-7H2,1H3,(H2,20,22)(H,21,23). The van der Waals surface area contributed by atoms with Crippen molar-refractivity contribution in [1.82, 2.24) is 0 Å². The number of fused-ring (bicyclic) bond motifs is 1. The Balaban J connectivity index is 1.92. The maximum atomic E-state index is 12.5. The van der Waals surface area contributed by atoms with Crippen molar-refractivity contribution in [3.63, 3.8) is 0 Å². The second-order valence-corrected chi connectivity index (χ2v) is 7.41. The van der Waals surface area contributed by atoms with Crippen molar-refractivity contribution in [2.75, 3.05) is 5.32 Å². The van der Waals surface area contributed by atoms with Crippen LogP contribution < -0.4 is 11.1 Å². The highest BCUT2D eigenvalue weighted by Crippen LogP contribution is 2.37. The highest BCUT2D eigenvalue weighted by atomic mass is 32.1. The summed E-state index contributed by atoms with van der Waals surface area (Å²) in [5, 5.41) is 3.50. The van der Waals surface area contributed by atoms with E-state index in [2.05, 4.69) is 5.32 Å². The zero-order valence-electron chi connectivity index (χ0n) is 13.9. The van der Waals surface area contributed by atoms with Gasteiger partial charge < -0.3 is 11.1 Å². The maximum Gasteiger partial charge on any atom is 0.256 e. The maximum absolute atomic E-state index is 12.5. The summed E-state index contributed by atoms with van der Waals surface area (Å²) in [7, 11) is 0. The number of rotatable bonds is 3. The van der Waals surface area contributed by atoms with Gasteiger partial charge in [-0.05, 0) is 50.3 Å². The van der Waals surface area contributed by atoms with E-state index in [1.807, 2.05) is 19.1 Å². The van der Waals surface area contributed by atoms with Crippen molar-refractivity contribution in [2.24, 2.45) is 5.73 Å². The van der Waals surface area contributed by atoms with Crippen molar-refractivity contribution in [1.29, 1.82) is 0 Å². The summed E-state index contributed by atoms with van der Waals surface area (Å²) >= 11 is 1.51. The normalized spacial score (nSPS) is 14.4. The van der Waals surface area contributed by atoms with Gasteiger partial charge in [-0.1, -0.05) is 30.5 Å². The quantitative estimate of drug-likeness (QED) is 0.882. The van der Waals surface area contributed by atoms with Crippen LogP contribution in [0.4, 0.5) is 5.00 Å². The molecule has 4 nitrogen and oxygen atoms in total. The van der Waals surface area contributed by atoms with E-state index in [0.29, 0.717) is 16.1 Å². The number of carbonyl (C=O) groups is 2. The second-order valence-electron chi connectivity index (χ2n) is 6.31. The summed E-state index contributed by atoms with van der Waals surface area (Å²) in [6.07, 6.45) is 6.41. The molecule has 1 aliphatic carbocycles. The molecular weight excluding hydrogens is 320 g/mol. The first-order valence-electron chi connectivity index (χ1n) is 8.38. The second kappa shape index (κ2) is 7.18. The van der Waals surface area contributed by atoms with Crippen molar-refractivity contribution in [2.45, 2.75) is 45.4 Å². The zero-order valence-corrected chi connectivity index (χ0v) is 14.7. The Morgan fingerprint density at radius 2 is 1.71 bits per heavy atom. The number of nitrogens with two attached hydrogens (primary N) is 1. The third kappa shape index (κ3) is 3.51. The highest BCUT2D eigenvalue weighted by molar-refractivity contribution is 7.17. The number of nitrogens with one attached hydrogen (secondary N) is 1. The molecule has 3 N–H and O–H groups in total. The molecule has 0 saturated heterocycles. The molecule has 5 heteroatoms. The van der Waals surface area contributed by atoms with Crippen LogP contribution in [-0.4, -0.2) is 11.8 Å². The lowest BCUT2D eigenvalue weighted by Crippen LogP contribution is -2.18. The van der Waals surface area contributed by atoms with Crippen LogP contribution in [0.15, 0.2) is 24.3 Å². The molecule has 1 aromatic heterocycles. The molecule has 0 radical (unpaired) electrons. The molecule has 0 bridgehead atoms. The van der Waals surface area contributed by atoms with Crippen LogP contribution in [0.1, 0.15) is 62.4 Å². The predicted octanol–water partition coefficient (Wildman–Crippen LogP) is 4.07. The van der Waals surface area contributed by atoms with Crippen LogP contribution in [0.2, 0.25) is 0 Å². The Labute approximate surface area is 146 Å². The largest absolute Gasteiger partial charge is 0.365 e.